The van der Waals surface area contributed by atoms with Crippen LogP contribution in [0.3, 0.4) is 0 Å². The van der Waals surface area contributed by atoms with Gasteiger partial charge in [0.05, 0.1) is 18.2 Å². The molecule has 1 aromatic carbocycles. The SMILES string of the molecule is CCN(CCC#N)C(=O)c1sc2ccccc2c1N. The third-order valence-corrected chi connectivity index (χ3v) is 4.17. The summed E-state index contributed by atoms with van der Waals surface area (Å²) in [5.74, 6) is -0.0866. The number of nitrogens with two attached hydrogens (primary N) is 1. The fraction of sp³-hybridized carbons (Fsp3) is 0.286. The van der Waals surface area contributed by atoms with E-state index in [0.717, 1.165) is 10.1 Å². The Balaban J connectivity index is 2.35. The number of benzene rings is 1. The molecule has 2 aromatic rings. The van der Waals surface area contributed by atoms with Gasteiger partial charge in [-0.3, -0.25) is 4.79 Å². The van der Waals surface area contributed by atoms with Crippen LogP contribution >= 0.6 is 11.3 Å². The predicted octanol–water partition coefficient (Wildman–Crippen LogP) is 2.86. The van der Waals surface area contributed by atoms with Crippen LogP contribution in [0.25, 0.3) is 10.1 Å². The third-order valence-electron chi connectivity index (χ3n) is 2.99. The number of fused-ring (bicyclic) bond motifs is 1. The van der Waals surface area contributed by atoms with E-state index in [0.29, 0.717) is 30.1 Å². The molecule has 5 heteroatoms. The molecule has 0 saturated carbocycles. The van der Waals surface area contributed by atoms with Crippen molar-refractivity contribution < 1.29 is 4.79 Å². The third kappa shape index (κ3) is 2.54. The highest BCUT2D eigenvalue weighted by Crippen LogP contribution is 2.34. The lowest BCUT2D eigenvalue weighted by molar-refractivity contribution is 0.0773. The Kier molecular flexibility index (Phi) is 4.03. The van der Waals surface area contributed by atoms with Crippen molar-refractivity contribution in [3.63, 3.8) is 0 Å². The Labute approximate surface area is 116 Å². The number of nitrogen functional groups attached to an aromatic ring is 1. The quantitative estimate of drug-likeness (QED) is 0.931. The lowest BCUT2D eigenvalue weighted by Crippen LogP contribution is -2.31. The zero-order valence-electron chi connectivity index (χ0n) is 10.7. The number of amides is 1. The molecule has 4 nitrogen and oxygen atoms in total. The number of carbonyl (C=O) groups excluding carboxylic acids is 1. The highest BCUT2D eigenvalue weighted by Gasteiger charge is 2.20. The fourth-order valence-electron chi connectivity index (χ4n) is 1.96. The highest BCUT2D eigenvalue weighted by atomic mass is 32.1. The normalized spacial score (nSPS) is 10.3. The molecule has 0 aliphatic carbocycles. The average molecular weight is 273 g/mol. The van der Waals surface area contributed by atoms with Gasteiger partial charge in [0.2, 0.25) is 0 Å². The number of thiophene rings is 1. The Morgan fingerprint density at radius 3 is 2.84 bits per heavy atom. The number of hydrogen-bond acceptors (Lipinski definition) is 4. The van der Waals surface area contributed by atoms with Gasteiger partial charge in [0.25, 0.3) is 5.91 Å². The summed E-state index contributed by atoms with van der Waals surface area (Å²) in [7, 11) is 0. The molecule has 0 aliphatic rings. The second-order valence-electron chi connectivity index (χ2n) is 4.13. The Hall–Kier alpha value is -2.06. The number of carbonyl (C=O) groups is 1. The van der Waals surface area contributed by atoms with Crippen LogP contribution < -0.4 is 5.73 Å². The van der Waals surface area contributed by atoms with Crippen LogP contribution in [0, 0.1) is 11.3 Å². The van der Waals surface area contributed by atoms with E-state index in [1.165, 1.54) is 11.3 Å². The van der Waals surface area contributed by atoms with Gasteiger partial charge in [-0.1, -0.05) is 18.2 Å². The van der Waals surface area contributed by atoms with Crippen LogP contribution in [0.1, 0.15) is 23.0 Å². The van der Waals surface area contributed by atoms with Gasteiger partial charge in [0, 0.05) is 23.2 Å². The lowest BCUT2D eigenvalue weighted by Gasteiger charge is -2.18. The Morgan fingerprint density at radius 2 is 2.21 bits per heavy atom. The molecule has 2 N–H and O–H groups in total. The van der Waals surface area contributed by atoms with E-state index in [4.69, 9.17) is 11.0 Å². The van der Waals surface area contributed by atoms with E-state index in [1.807, 2.05) is 31.2 Å². The molecule has 2 rings (SSSR count). The van der Waals surface area contributed by atoms with E-state index in [1.54, 1.807) is 4.90 Å². The van der Waals surface area contributed by atoms with Gasteiger partial charge in [0.1, 0.15) is 4.88 Å². The van der Waals surface area contributed by atoms with Crippen LogP contribution in [-0.4, -0.2) is 23.9 Å². The summed E-state index contributed by atoms with van der Waals surface area (Å²) in [5.41, 5.74) is 6.60. The standard InChI is InChI=1S/C14H15N3OS/c1-2-17(9-5-8-15)14(18)13-12(16)10-6-3-4-7-11(10)19-13/h3-4,6-7H,2,5,9,16H2,1H3. The zero-order chi connectivity index (χ0) is 13.8. The molecule has 19 heavy (non-hydrogen) atoms. The second-order valence-corrected chi connectivity index (χ2v) is 5.19. The van der Waals surface area contributed by atoms with Gasteiger partial charge in [0.15, 0.2) is 0 Å². The van der Waals surface area contributed by atoms with Crippen LogP contribution in [-0.2, 0) is 0 Å². The minimum Gasteiger partial charge on any atom is -0.397 e. The summed E-state index contributed by atoms with van der Waals surface area (Å²) in [6, 6.07) is 9.78. The second kappa shape index (κ2) is 5.72. The van der Waals surface area contributed by atoms with Crippen molar-refractivity contribution in [2.24, 2.45) is 0 Å². The molecule has 1 aromatic heterocycles. The molecular formula is C14H15N3OS. The maximum absolute atomic E-state index is 12.4. The van der Waals surface area contributed by atoms with Crippen LogP contribution in [0.4, 0.5) is 5.69 Å². The van der Waals surface area contributed by atoms with Crippen LogP contribution in [0.2, 0.25) is 0 Å². The van der Waals surface area contributed by atoms with E-state index < -0.39 is 0 Å². The smallest absolute Gasteiger partial charge is 0.266 e. The molecule has 0 bridgehead atoms. The van der Waals surface area contributed by atoms with Crippen molar-refractivity contribution in [1.82, 2.24) is 4.90 Å². The largest absolute Gasteiger partial charge is 0.397 e. The first-order chi connectivity index (χ1) is 9.19. The van der Waals surface area contributed by atoms with Crippen molar-refractivity contribution in [2.75, 3.05) is 18.8 Å². The van der Waals surface area contributed by atoms with Crippen molar-refractivity contribution in [3.05, 3.63) is 29.1 Å². The maximum Gasteiger partial charge on any atom is 0.266 e. The molecule has 1 amide bonds. The summed E-state index contributed by atoms with van der Waals surface area (Å²) < 4.78 is 1.01. The lowest BCUT2D eigenvalue weighted by atomic mass is 10.2. The van der Waals surface area contributed by atoms with Crippen LogP contribution in [0.5, 0.6) is 0 Å². The Bertz CT molecular complexity index is 642. The summed E-state index contributed by atoms with van der Waals surface area (Å²) >= 11 is 1.41. The molecule has 0 saturated heterocycles. The minimum atomic E-state index is -0.0866. The maximum atomic E-state index is 12.4. The minimum absolute atomic E-state index is 0.0866. The average Bonchev–Trinajstić information content (AvgIpc) is 2.77. The first-order valence-corrected chi connectivity index (χ1v) is 6.94. The molecule has 98 valence electrons. The van der Waals surface area contributed by atoms with Crippen molar-refractivity contribution in [1.29, 1.82) is 5.26 Å². The molecule has 0 unspecified atom stereocenters. The number of nitrogens with zero attached hydrogens (tertiary/aromatic N) is 2. The van der Waals surface area contributed by atoms with E-state index in [9.17, 15) is 4.79 Å². The zero-order valence-corrected chi connectivity index (χ0v) is 11.5. The number of nitriles is 1. The number of anilines is 1. The molecular weight excluding hydrogens is 258 g/mol. The highest BCUT2D eigenvalue weighted by molar-refractivity contribution is 7.21. The predicted molar refractivity (Wildman–Crippen MR) is 78.0 cm³/mol. The summed E-state index contributed by atoms with van der Waals surface area (Å²) in [4.78, 5) is 14.6. The monoisotopic (exact) mass is 273 g/mol. The van der Waals surface area contributed by atoms with Gasteiger partial charge in [-0.25, -0.2) is 0 Å². The number of rotatable bonds is 4. The molecule has 0 aliphatic heterocycles. The van der Waals surface area contributed by atoms with Gasteiger partial charge in [-0.15, -0.1) is 11.3 Å². The van der Waals surface area contributed by atoms with E-state index in [-0.39, 0.29) is 5.91 Å². The van der Waals surface area contributed by atoms with Crippen molar-refractivity contribution in [3.8, 4) is 6.07 Å². The Morgan fingerprint density at radius 1 is 1.47 bits per heavy atom. The van der Waals surface area contributed by atoms with E-state index >= 15 is 0 Å². The topological polar surface area (TPSA) is 70.1 Å². The summed E-state index contributed by atoms with van der Waals surface area (Å²) in [5, 5.41) is 9.55. The fourth-order valence-corrected chi connectivity index (χ4v) is 3.05. The van der Waals surface area contributed by atoms with E-state index in [2.05, 4.69) is 6.07 Å². The summed E-state index contributed by atoms with van der Waals surface area (Å²) in [6.45, 7) is 2.92. The van der Waals surface area contributed by atoms with Crippen molar-refractivity contribution in [2.45, 2.75) is 13.3 Å². The van der Waals surface area contributed by atoms with Crippen LogP contribution in [0.15, 0.2) is 24.3 Å². The van der Waals surface area contributed by atoms with Gasteiger partial charge in [-0.05, 0) is 13.0 Å². The van der Waals surface area contributed by atoms with Gasteiger partial charge in [-0.2, -0.15) is 5.26 Å². The molecule has 1 heterocycles. The molecule has 0 spiro atoms. The number of hydrogen-bond donors (Lipinski definition) is 1. The molecule has 0 atom stereocenters. The summed E-state index contributed by atoms with van der Waals surface area (Å²) in [6.07, 6.45) is 0.338. The van der Waals surface area contributed by atoms with Gasteiger partial charge < -0.3 is 10.6 Å². The first-order valence-electron chi connectivity index (χ1n) is 6.12. The first kappa shape index (κ1) is 13.4. The van der Waals surface area contributed by atoms with Crippen molar-refractivity contribution >= 4 is 33.0 Å². The van der Waals surface area contributed by atoms with Gasteiger partial charge >= 0.3 is 0 Å². The molecule has 0 radical (unpaired) electrons. The molecule has 0 fully saturated rings.